The maximum absolute atomic E-state index is 13.0. The maximum Gasteiger partial charge on any atom is 0.268 e. The fraction of sp³-hybridized carbons (Fsp3) is 0.0435. The van der Waals surface area contributed by atoms with Crippen LogP contribution in [-0.2, 0) is 11.2 Å². The standard InChI is InChI=1S/C23H15FN4OS/c24-18-7-5-15(6-8-18)11-19-14-27-23(30-19)28-22(29)17(13-25)12-16-9-10-26-21-4-2-1-3-20(16)21/h1-10,12,14H,11H2,(H,27,28,29). The molecule has 2 aromatic heterocycles. The first-order chi connectivity index (χ1) is 14.6. The number of hydrogen-bond donors (Lipinski definition) is 1. The molecule has 4 rings (SSSR count). The van der Waals surface area contributed by atoms with Gasteiger partial charge in [0.2, 0.25) is 0 Å². The van der Waals surface area contributed by atoms with Gasteiger partial charge in [0.25, 0.3) is 5.91 Å². The fourth-order valence-electron chi connectivity index (χ4n) is 2.96. The monoisotopic (exact) mass is 414 g/mol. The van der Waals surface area contributed by atoms with E-state index in [1.165, 1.54) is 23.5 Å². The molecule has 0 saturated carbocycles. The highest BCUT2D eigenvalue weighted by Gasteiger charge is 2.13. The van der Waals surface area contributed by atoms with E-state index in [0.717, 1.165) is 26.9 Å². The number of pyridine rings is 1. The van der Waals surface area contributed by atoms with Crippen molar-refractivity contribution < 1.29 is 9.18 Å². The van der Waals surface area contributed by atoms with Crippen LogP contribution >= 0.6 is 11.3 Å². The van der Waals surface area contributed by atoms with E-state index in [-0.39, 0.29) is 11.4 Å². The summed E-state index contributed by atoms with van der Waals surface area (Å²) >= 11 is 1.31. The van der Waals surface area contributed by atoms with Crippen molar-refractivity contribution in [1.82, 2.24) is 9.97 Å². The Morgan fingerprint density at radius 2 is 1.93 bits per heavy atom. The smallest absolute Gasteiger partial charge is 0.268 e. The molecule has 146 valence electrons. The summed E-state index contributed by atoms with van der Waals surface area (Å²) in [6.45, 7) is 0. The molecule has 0 unspecified atom stereocenters. The molecule has 0 bridgehead atoms. The number of nitriles is 1. The van der Waals surface area contributed by atoms with Gasteiger partial charge in [-0.05, 0) is 41.5 Å². The molecule has 0 atom stereocenters. The van der Waals surface area contributed by atoms with Crippen molar-refractivity contribution >= 4 is 39.4 Å². The molecule has 30 heavy (non-hydrogen) atoms. The molecule has 0 aliphatic heterocycles. The molecule has 1 amide bonds. The Morgan fingerprint density at radius 1 is 1.13 bits per heavy atom. The molecule has 5 nitrogen and oxygen atoms in total. The normalized spacial score (nSPS) is 11.3. The lowest BCUT2D eigenvalue weighted by atomic mass is 10.1. The SMILES string of the molecule is N#CC(=Cc1ccnc2ccccc12)C(=O)Nc1ncc(Cc2ccc(F)cc2)s1. The number of anilines is 1. The number of halogens is 1. The number of thiazole rings is 1. The van der Waals surface area contributed by atoms with Crippen LogP contribution < -0.4 is 5.32 Å². The first kappa shape index (κ1) is 19.4. The highest BCUT2D eigenvalue weighted by Crippen LogP contribution is 2.23. The average Bonchev–Trinajstić information content (AvgIpc) is 3.20. The van der Waals surface area contributed by atoms with Crippen molar-refractivity contribution in [2.24, 2.45) is 0 Å². The van der Waals surface area contributed by atoms with Gasteiger partial charge in [-0.25, -0.2) is 9.37 Å². The number of para-hydroxylation sites is 1. The average molecular weight is 414 g/mol. The van der Waals surface area contributed by atoms with Crippen LogP contribution in [0.25, 0.3) is 17.0 Å². The van der Waals surface area contributed by atoms with Crippen molar-refractivity contribution in [3.05, 3.63) is 94.4 Å². The summed E-state index contributed by atoms with van der Waals surface area (Å²) in [5, 5.41) is 13.4. The van der Waals surface area contributed by atoms with Gasteiger partial charge in [-0.3, -0.25) is 15.1 Å². The quantitative estimate of drug-likeness (QED) is 0.370. The van der Waals surface area contributed by atoms with Crippen LogP contribution in [0.3, 0.4) is 0 Å². The van der Waals surface area contributed by atoms with Crippen LogP contribution in [0.5, 0.6) is 0 Å². The summed E-state index contributed by atoms with van der Waals surface area (Å²) in [5.74, 6) is -0.810. The van der Waals surface area contributed by atoms with Gasteiger partial charge in [-0.15, -0.1) is 11.3 Å². The first-order valence-electron chi connectivity index (χ1n) is 9.08. The van der Waals surface area contributed by atoms with E-state index in [1.54, 1.807) is 36.7 Å². The third kappa shape index (κ3) is 4.40. The van der Waals surface area contributed by atoms with Gasteiger partial charge < -0.3 is 0 Å². The van der Waals surface area contributed by atoms with Gasteiger partial charge in [0, 0.05) is 29.1 Å². The zero-order valence-corrected chi connectivity index (χ0v) is 16.5. The Hall–Kier alpha value is -3.89. The van der Waals surface area contributed by atoms with Crippen LogP contribution in [0.1, 0.15) is 16.0 Å². The molecular formula is C23H15FN4OS. The fourth-order valence-corrected chi connectivity index (χ4v) is 3.80. The lowest BCUT2D eigenvalue weighted by Crippen LogP contribution is -2.13. The number of rotatable bonds is 5. The Labute approximate surface area is 176 Å². The van der Waals surface area contributed by atoms with Crippen molar-refractivity contribution in [2.75, 3.05) is 5.32 Å². The Kier molecular flexibility index (Phi) is 5.59. The molecule has 4 aromatic rings. The van der Waals surface area contributed by atoms with Gasteiger partial charge in [0.1, 0.15) is 17.5 Å². The van der Waals surface area contributed by atoms with Crippen molar-refractivity contribution in [2.45, 2.75) is 6.42 Å². The highest BCUT2D eigenvalue weighted by atomic mass is 32.1. The van der Waals surface area contributed by atoms with E-state index in [2.05, 4.69) is 15.3 Å². The zero-order valence-electron chi connectivity index (χ0n) is 15.7. The van der Waals surface area contributed by atoms with E-state index < -0.39 is 5.91 Å². The van der Waals surface area contributed by atoms with Gasteiger partial charge in [-0.1, -0.05) is 30.3 Å². The number of benzene rings is 2. The van der Waals surface area contributed by atoms with Crippen LogP contribution in [0.2, 0.25) is 0 Å². The van der Waals surface area contributed by atoms with Crippen molar-refractivity contribution in [3.63, 3.8) is 0 Å². The topological polar surface area (TPSA) is 78.7 Å². The Morgan fingerprint density at radius 3 is 2.73 bits per heavy atom. The molecule has 0 fully saturated rings. The predicted octanol–water partition coefficient (Wildman–Crippen LogP) is 4.97. The second-order valence-electron chi connectivity index (χ2n) is 6.48. The highest BCUT2D eigenvalue weighted by molar-refractivity contribution is 7.15. The maximum atomic E-state index is 13.0. The minimum Gasteiger partial charge on any atom is -0.297 e. The van der Waals surface area contributed by atoms with Crippen LogP contribution in [0.4, 0.5) is 9.52 Å². The molecule has 0 spiro atoms. The minimum absolute atomic E-state index is 0.0263. The summed E-state index contributed by atoms with van der Waals surface area (Å²) in [4.78, 5) is 22.0. The second-order valence-corrected chi connectivity index (χ2v) is 7.59. The first-order valence-corrected chi connectivity index (χ1v) is 9.90. The Balaban J connectivity index is 1.51. The van der Waals surface area contributed by atoms with Gasteiger partial charge in [-0.2, -0.15) is 5.26 Å². The minimum atomic E-state index is -0.527. The molecule has 7 heteroatoms. The summed E-state index contributed by atoms with van der Waals surface area (Å²) in [6, 6.07) is 17.5. The third-order valence-corrected chi connectivity index (χ3v) is 5.33. The summed E-state index contributed by atoms with van der Waals surface area (Å²) in [6.07, 6.45) is 5.43. The lowest BCUT2D eigenvalue weighted by Gasteiger charge is -2.03. The van der Waals surface area contributed by atoms with E-state index in [1.807, 2.05) is 30.3 Å². The summed E-state index contributed by atoms with van der Waals surface area (Å²) < 4.78 is 13.0. The molecule has 0 saturated heterocycles. The Bertz CT molecular complexity index is 1280. The number of hydrogen-bond acceptors (Lipinski definition) is 5. The van der Waals surface area contributed by atoms with Crippen LogP contribution in [0, 0.1) is 17.1 Å². The van der Waals surface area contributed by atoms with Gasteiger partial charge >= 0.3 is 0 Å². The van der Waals surface area contributed by atoms with E-state index in [9.17, 15) is 14.4 Å². The van der Waals surface area contributed by atoms with Crippen LogP contribution in [-0.4, -0.2) is 15.9 Å². The number of nitrogens with one attached hydrogen (secondary N) is 1. The number of carbonyl (C=O) groups is 1. The number of nitrogens with zero attached hydrogens (tertiary/aromatic N) is 3. The van der Waals surface area contributed by atoms with Gasteiger partial charge in [0.05, 0.1) is 5.52 Å². The van der Waals surface area contributed by atoms with Crippen molar-refractivity contribution in [1.29, 1.82) is 5.26 Å². The van der Waals surface area contributed by atoms with Crippen molar-refractivity contribution in [3.8, 4) is 6.07 Å². The molecule has 0 aliphatic carbocycles. The third-order valence-electron chi connectivity index (χ3n) is 4.41. The molecule has 2 heterocycles. The number of amides is 1. The lowest BCUT2D eigenvalue weighted by molar-refractivity contribution is -0.112. The summed E-state index contributed by atoms with van der Waals surface area (Å²) in [5.41, 5.74) is 2.44. The zero-order chi connectivity index (χ0) is 20.9. The molecule has 1 N–H and O–H groups in total. The number of fused-ring (bicyclic) bond motifs is 1. The number of aromatic nitrogens is 2. The molecule has 0 radical (unpaired) electrons. The largest absolute Gasteiger partial charge is 0.297 e. The number of carbonyl (C=O) groups excluding carboxylic acids is 1. The van der Waals surface area contributed by atoms with E-state index in [4.69, 9.17) is 0 Å². The summed E-state index contributed by atoms with van der Waals surface area (Å²) in [7, 11) is 0. The van der Waals surface area contributed by atoms with E-state index >= 15 is 0 Å². The molecular weight excluding hydrogens is 399 g/mol. The molecule has 0 aliphatic rings. The van der Waals surface area contributed by atoms with Crippen LogP contribution in [0.15, 0.2) is 72.6 Å². The van der Waals surface area contributed by atoms with Gasteiger partial charge in [0.15, 0.2) is 5.13 Å². The van der Waals surface area contributed by atoms with E-state index in [0.29, 0.717) is 11.6 Å². The second kappa shape index (κ2) is 8.64. The molecule has 2 aromatic carbocycles. The predicted molar refractivity (Wildman–Crippen MR) is 115 cm³/mol.